The number of nitrogens with zero attached hydrogens (tertiary/aromatic N) is 3. The molecule has 1 N–H and O–H groups in total. The van der Waals surface area contributed by atoms with E-state index in [0.29, 0.717) is 19.6 Å². The van der Waals surface area contributed by atoms with E-state index in [1.807, 2.05) is 37.2 Å². The standard InChI is InChI=1S/C18H22N4O3/c1-21(2)16-8-13(5-6-19-16)10-20-18(24)14-9-17(23)22(11-14)12-15-4-3-7-25-15/h3-8,14H,9-12H2,1-2H3,(H,20,24)/t14-/m1/s1. The summed E-state index contributed by atoms with van der Waals surface area (Å²) < 4.78 is 5.27. The van der Waals surface area contributed by atoms with Crippen LogP contribution in [0.3, 0.4) is 0 Å². The zero-order chi connectivity index (χ0) is 17.8. The number of anilines is 1. The van der Waals surface area contributed by atoms with Gasteiger partial charge >= 0.3 is 0 Å². The molecule has 0 aromatic carbocycles. The van der Waals surface area contributed by atoms with Crippen molar-refractivity contribution in [2.75, 3.05) is 25.5 Å². The van der Waals surface area contributed by atoms with Crippen LogP contribution in [0.15, 0.2) is 41.1 Å². The molecule has 0 spiro atoms. The molecule has 25 heavy (non-hydrogen) atoms. The van der Waals surface area contributed by atoms with Crippen molar-refractivity contribution < 1.29 is 14.0 Å². The molecule has 2 aromatic rings. The van der Waals surface area contributed by atoms with Crippen LogP contribution < -0.4 is 10.2 Å². The van der Waals surface area contributed by atoms with Crippen molar-refractivity contribution >= 4 is 17.6 Å². The van der Waals surface area contributed by atoms with Gasteiger partial charge in [0.2, 0.25) is 11.8 Å². The minimum absolute atomic E-state index is 0.0182. The van der Waals surface area contributed by atoms with Crippen LogP contribution in [0.25, 0.3) is 0 Å². The summed E-state index contributed by atoms with van der Waals surface area (Å²) in [5.74, 6) is 1.13. The molecular weight excluding hydrogens is 320 g/mol. The van der Waals surface area contributed by atoms with E-state index in [1.165, 1.54) is 0 Å². The van der Waals surface area contributed by atoms with Crippen LogP contribution in [0.4, 0.5) is 5.82 Å². The largest absolute Gasteiger partial charge is 0.467 e. The van der Waals surface area contributed by atoms with Gasteiger partial charge in [0, 0.05) is 39.8 Å². The van der Waals surface area contributed by atoms with Crippen molar-refractivity contribution in [2.45, 2.75) is 19.5 Å². The molecule has 0 bridgehead atoms. The first-order chi connectivity index (χ1) is 12.0. The number of pyridine rings is 1. The molecule has 0 saturated carbocycles. The zero-order valence-electron chi connectivity index (χ0n) is 14.4. The summed E-state index contributed by atoms with van der Waals surface area (Å²) in [5.41, 5.74) is 0.976. The Kier molecular flexibility index (Phi) is 5.02. The van der Waals surface area contributed by atoms with Gasteiger partial charge in [-0.2, -0.15) is 0 Å². The predicted octanol–water partition coefficient (Wildman–Crippen LogP) is 1.41. The Bertz CT molecular complexity index is 743. The van der Waals surface area contributed by atoms with Gasteiger partial charge in [-0.15, -0.1) is 0 Å². The number of likely N-dealkylation sites (tertiary alicyclic amines) is 1. The van der Waals surface area contributed by atoms with Gasteiger partial charge in [-0.05, 0) is 29.8 Å². The Morgan fingerprint density at radius 3 is 3.00 bits per heavy atom. The first-order valence-electron chi connectivity index (χ1n) is 8.23. The molecule has 2 amide bonds. The van der Waals surface area contributed by atoms with Crippen LogP contribution in [-0.4, -0.2) is 42.3 Å². The number of carbonyl (C=O) groups excluding carboxylic acids is 2. The molecule has 1 aliphatic heterocycles. The van der Waals surface area contributed by atoms with Gasteiger partial charge in [-0.3, -0.25) is 9.59 Å². The fourth-order valence-corrected chi connectivity index (χ4v) is 2.84. The van der Waals surface area contributed by atoms with Crippen LogP contribution in [0.2, 0.25) is 0 Å². The molecule has 1 aliphatic rings. The number of carbonyl (C=O) groups is 2. The van der Waals surface area contributed by atoms with Gasteiger partial charge in [-0.1, -0.05) is 0 Å². The number of amides is 2. The van der Waals surface area contributed by atoms with E-state index in [2.05, 4.69) is 10.3 Å². The normalized spacial score (nSPS) is 17.0. The molecule has 0 unspecified atom stereocenters. The highest BCUT2D eigenvalue weighted by Gasteiger charge is 2.34. The Morgan fingerprint density at radius 1 is 1.44 bits per heavy atom. The minimum Gasteiger partial charge on any atom is -0.467 e. The van der Waals surface area contributed by atoms with Crippen molar-refractivity contribution in [3.05, 3.63) is 48.0 Å². The number of nitrogens with one attached hydrogen (secondary N) is 1. The van der Waals surface area contributed by atoms with Crippen molar-refractivity contribution in [1.82, 2.24) is 15.2 Å². The molecule has 0 aliphatic carbocycles. The van der Waals surface area contributed by atoms with E-state index in [-0.39, 0.29) is 24.2 Å². The first kappa shape index (κ1) is 17.0. The highest BCUT2D eigenvalue weighted by molar-refractivity contribution is 5.89. The molecule has 2 aromatic heterocycles. The molecule has 7 heteroatoms. The van der Waals surface area contributed by atoms with Crippen LogP contribution >= 0.6 is 0 Å². The summed E-state index contributed by atoms with van der Waals surface area (Å²) in [4.78, 5) is 32.3. The first-order valence-corrected chi connectivity index (χ1v) is 8.23. The second-order valence-corrected chi connectivity index (χ2v) is 6.39. The van der Waals surface area contributed by atoms with Crippen molar-refractivity contribution in [1.29, 1.82) is 0 Å². The maximum atomic E-state index is 12.4. The number of aromatic nitrogens is 1. The van der Waals surface area contributed by atoms with Crippen LogP contribution in [-0.2, 0) is 22.7 Å². The van der Waals surface area contributed by atoms with Crippen molar-refractivity contribution in [2.24, 2.45) is 5.92 Å². The lowest BCUT2D eigenvalue weighted by Crippen LogP contribution is -2.32. The molecule has 1 atom stereocenters. The smallest absolute Gasteiger partial charge is 0.225 e. The number of furan rings is 1. The molecule has 1 fully saturated rings. The lowest BCUT2D eigenvalue weighted by atomic mass is 10.1. The summed E-state index contributed by atoms with van der Waals surface area (Å²) in [6, 6.07) is 7.42. The highest BCUT2D eigenvalue weighted by Crippen LogP contribution is 2.21. The quantitative estimate of drug-likeness (QED) is 0.859. The van der Waals surface area contributed by atoms with E-state index in [4.69, 9.17) is 4.42 Å². The van der Waals surface area contributed by atoms with E-state index in [9.17, 15) is 9.59 Å². The Labute approximate surface area is 146 Å². The fourth-order valence-electron chi connectivity index (χ4n) is 2.84. The maximum absolute atomic E-state index is 12.4. The van der Waals surface area contributed by atoms with Gasteiger partial charge in [0.05, 0.1) is 18.7 Å². The predicted molar refractivity (Wildman–Crippen MR) is 92.6 cm³/mol. The monoisotopic (exact) mass is 342 g/mol. The summed E-state index contributed by atoms with van der Waals surface area (Å²) in [7, 11) is 3.84. The maximum Gasteiger partial charge on any atom is 0.225 e. The van der Waals surface area contributed by atoms with E-state index in [1.54, 1.807) is 23.4 Å². The second-order valence-electron chi connectivity index (χ2n) is 6.39. The van der Waals surface area contributed by atoms with Gasteiger partial charge in [-0.25, -0.2) is 4.98 Å². The van der Waals surface area contributed by atoms with E-state index in [0.717, 1.165) is 17.1 Å². The molecule has 132 valence electrons. The third-order valence-electron chi connectivity index (χ3n) is 4.25. The van der Waals surface area contributed by atoms with Crippen LogP contribution in [0, 0.1) is 5.92 Å². The third-order valence-corrected chi connectivity index (χ3v) is 4.25. The van der Waals surface area contributed by atoms with E-state index >= 15 is 0 Å². The van der Waals surface area contributed by atoms with Crippen molar-refractivity contribution in [3.63, 3.8) is 0 Å². The summed E-state index contributed by atoms with van der Waals surface area (Å²) in [6.45, 7) is 1.25. The number of hydrogen-bond acceptors (Lipinski definition) is 5. The number of hydrogen-bond donors (Lipinski definition) is 1. The highest BCUT2D eigenvalue weighted by atomic mass is 16.3. The summed E-state index contributed by atoms with van der Waals surface area (Å²) >= 11 is 0. The van der Waals surface area contributed by atoms with Gasteiger partial charge in [0.15, 0.2) is 0 Å². The summed E-state index contributed by atoms with van der Waals surface area (Å²) in [5, 5.41) is 2.92. The second kappa shape index (κ2) is 7.38. The average Bonchev–Trinajstić information content (AvgIpc) is 3.23. The minimum atomic E-state index is -0.322. The van der Waals surface area contributed by atoms with Crippen LogP contribution in [0.5, 0.6) is 0 Å². The fraction of sp³-hybridized carbons (Fsp3) is 0.389. The molecule has 3 heterocycles. The molecule has 1 saturated heterocycles. The molecule has 0 radical (unpaired) electrons. The lowest BCUT2D eigenvalue weighted by Gasteiger charge is -2.15. The molecule has 3 rings (SSSR count). The van der Waals surface area contributed by atoms with Crippen molar-refractivity contribution in [3.8, 4) is 0 Å². The SMILES string of the molecule is CN(C)c1cc(CNC(=O)[C@@H]2CC(=O)N(Cc3ccco3)C2)ccn1. The summed E-state index contributed by atoms with van der Waals surface area (Å²) in [6.07, 6.45) is 3.55. The lowest BCUT2D eigenvalue weighted by molar-refractivity contribution is -0.129. The van der Waals surface area contributed by atoms with E-state index < -0.39 is 0 Å². The third kappa shape index (κ3) is 4.17. The Balaban J connectivity index is 1.53. The Morgan fingerprint density at radius 2 is 2.28 bits per heavy atom. The number of rotatable bonds is 6. The Hall–Kier alpha value is -2.83. The van der Waals surface area contributed by atoms with Gasteiger partial charge < -0.3 is 19.5 Å². The molecular formula is C18H22N4O3. The van der Waals surface area contributed by atoms with Gasteiger partial charge in [0.1, 0.15) is 11.6 Å². The average molecular weight is 342 g/mol. The topological polar surface area (TPSA) is 78.7 Å². The van der Waals surface area contributed by atoms with Crippen LogP contribution in [0.1, 0.15) is 17.7 Å². The zero-order valence-corrected chi connectivity index (χ0v) is 14.4. The van der Waals surface area contributed by atoms with Gasteiger partial charge in [0.25, 0.3) is 0 Å². The molecule has 7 nitrogen and oxygen atoms in total.